The maximum absolute atomic E-state index is 11.3. The molecule has 0 radical (unpaired) electrons. The van der Waals surface area contributed by atoms with Gasteiger partial charge in [0.1, 0.15) is 0 Å². The average molecular weight is 279 g/mol. The highest BCUT2D eigenvalue weighted by Crippen LogP contribution is 2.35. The molecular formula is C14H15ClN2O2. The number of carboxylic acids is 1. The lowest BCUT2D eigenvalue weighted by atomic mass is 10.2. The highest BCUT2D eigenvalue weighted by atomic mass is 35.5. The molecular weight excluding hydrogens is 264 g/mol. The van der Waals surface area contributed by atoms with Gasteiger partial charge in [-0.2, -0.15) is 0 Å². The van der Waals surface area contributed by atoms with Crippen LogP contribution in [0.2, 0.25) is 5.02 Å². The maximum Gasteiger partial charge on any atom is 0.339 e. The topological polar surface area (TPSA) is 55.1 Å². The van der Waals surface area contributed by atoms with E-state index in [1.165, 1.54) is 0 Å². The van der Waals surface area contributed by atoms with Gasteiger partial charge in [0.15, 0.2) is 0 Å². The minimum absolute atomic E-state index is 0.175. The monoisotopic (exact) mass is 278 g/mol. The van der Waals surface area contributed by atoms with Gasteiger partial charge in [-0.05, 0) is 25.5 Å². The summed E-state index contributed by atoms with van der Waals surface area (Å²) < 4.78 is 1.95. The van der Waals surface area contributed by atoms with Crippen LogP contribution in [0.5, 0.6) is 0 Å². The molecule has 1 N–H and O–H groups in total. The van der Waals surface area contributed by atoms with Gasteiger partial charge >= 0.3 is 5.97 Å². The minimum Gasteiger partial charge on any atom is -0.478 e. The van der Waals surface area contributed by atoms with Gasteiger partial charge in [-0.3, -0.25) is 4.98 Å². The number of carbonyl (C=O) groups is 1. The van der Waals surface area contributed by atoms with E-state index in [1.54, 1.807) is 19.3 Å². The van der Waals surface area contributed by atoms with Gasteiger partial charge in [-0.15, -0.1) is 0 Å². The normalized spacial score (nSPS) is 10.7. The molecule has 2 heterocycles. The van der Waals surface area contributed by atoms with Crippen molar-refractivity contribution in [3.05, 3.63) is 40.8 Å². The number of aromatic carboxylic acids is 1. The van der Waals surface area contributed by atoms with Gasteiger partial charge in [0.25, 0.3) is 0 Å². The lowest BCUT2D eigenvalue weighted by Gasteiger charge is -2.10. The van der Waals surface area contributed by atoms with E-state index < -0.39 is 5.97 Å². The van der Waals surface area contributed by atoms with E-state index in [1.807, 2.05) is 23.6 Å². The summed E-state index contributed by atoms with van der Waals surface area (Å²) in [5, 5.41) is 9.57. The number of aromatic nitrogens is 2. The van der Waals surface area contributed by atoms with Gasteiger partial charge in [0.2, 0.25) is 0 Å². The Kier molecular flexibility index (Phi) is 3.90. The van der Waals surface area contributed by atoms with E-state index in [-0.39, 0.29) is 10.6 Å². The Morgan fingerprint density at radius 2 is 2.26 bits per heavy atom. The fourth-order valence-corrected chi connectivity index (χ4v) is 2.66. The number of halogens is 1. The van der Waals surface area contributed by atoms with Crippen molar-refractivity contribution in [1.82, 2.24) is 9.55 Å². The lowest BCUT2D eigenvalue weighted by molar-refractivity contribution is 0.0696. The molecule has 0 spiro atoms. The largest absolute Gasteiger partial charge is 0.478 e. The molecule has 100 valence electrons. The summed E-state index contributed by atoms with van der Waals surface area (Å²) in [6, 6.07) is 3.69. The van der Waals surface area contributed by atoms with Crippen LogP contribution >= 0.6 is 11.6 Å². The van der Waals surface area contributed by atoms with Crippen molar-refractivity contribution >= 4 is 17.6 Å². The fourth-order valence-electron chi connectivity index (χ4n) is 2.24. The summed E-state index contributed by atoms with van der Waals surface area (Å²) in [6.07, 6.45) is 4.27. The predicted octanol–water partition coefficient (Wildman–Crippen LogP) is 3.62. The van der Waals surface area contributed by atoms with E-state index in [0.29, 0.717) is 5.69 Å². The van der Waals surface area contributed by atoms with Crippen molar-refractivity contribution < 1.29 is 9.90 Å². The van der Waals surface area contributed by atoms with Crippen molar-refractivity contribution in [2.75, 3.05) is 0 Å². The summed E-state index contributed by atoms with van der Waals surface area (Å²) in [6.45, 7) is 4.55. The van der Waals surface area contributed by atoms with E-state index in [2.05, 4.69) is 4.98 Å². The van der Waals surface area contributed by atoms with Crippen LogP contribution in [0.15, 0.2) is 24.5 Å². The summed E-state index contributed by atoms with van der Waals surface area (Å²) in [4.78, 5) is 15.4. The number of hydrogen-bond donors (Lipinski definition) is 1. The number of rotatable bonds is 4. The molecule has 0 aromatic carbocycles. The van der Waals surface area contributed by atoms with Crippen LogP contribution in [0.1, 0.15) is 29.4 Å². The third-order valence-electron chi connectivity index (χ3n) is 3.06. The number of nitrogens with zero attached hydrogens (tertiary/aromatic N) is 2. The second kappa shape index (κ2) is 5.45. The van der Waals surface area contributed by atoms with Crippen LogP contribution in [0.3, 0.4) is 0 Å². The van der Waals surface area contributed by atoms with E-state index in [9.17, 15) is 9.90 Å². The molecule has 0 fully saturated rings. The zero-order valence-corrected chi connectivity index (χ0v) is 11.6. The standard InChI is InChI=1S/C14H15ClN2O2/c1-3-7-17-9(2)11(14(18)19)12(15)13(17)10-5-4-6-16-8-10/h4-6,8H,3,7H2,1-2H3,(H,18,19). The van der Waals surface area contributed by atoms with Crippen molar-refractivity contribution in [1.29, 1.82) is 0 Å². The molecule has 0 saturated carbocycles. The lowest BCUT2D eigenvalue weighted by Crippen LogP contribution is -2.04. The molecule has 0 aliphatic rings. The van der Waals surface area contributed by atoms with Crippen molar-refractivity contribution in [3.8, 4) is 11.3 Å². The minimum atomic E-state index is -0.998. The van der Waals surface area contributed by atoms with Gasteiger partial charge in [-0.1, -0.05) is 18.5 Å². The second-order valence-corrected chi connectivity index (χ2v) is 4.70. The first-order valence-electron chi connectivity index (χ1n) is 6.10. The molecule has 19 heavy (non-hydrogen) atoms. The number of pyridine rings is 1. The molecule has 0 saturated heterocycles. The Bertz CT molecular complexity index is 606. The van der Waals surface area contributed by atoms with Crippen molar-refractivity contribution in [3.63, 3.8) is 0 Å². The summed E-state index contributed by atoms with van der Waals surface area (Å²) in [5.41, 5.74) is 2.41. The van der Waals surface area contributed by atoms with Crippen LogP contribution in [-0.2, 0) is 6.54 Å². The van der Waals surface area contributed by atoms with E-state index >= 15 is 0 Å². The summed E-state index contributed by atoms with van der Waals surface area (Å²) in [5.74, 6) is -0.998. The van der Waals surface area contributed by atoms with Crippen LogP contribution in [0.4, 0.5) is 0 Å². The zero-order valence-electron chi connectivity index (χ0n) is 10.9. The van der Waals surface area contributed by atoms with Gasteiger partial charge in [0.05, 0.1) is 16.3 Å². The molecule has 4 nitrogen and oxygen atoms in total. The van der Waals surface area contributed by atoms with Crippen LogP contribution in [0.25, 0.3) is 11.3 Å². The highest BCUT2D eigenvalue weighted by molar-refractivity contribution is 6.36. The maximum atomic E-state index is 11.3. The highest BCUT2D eigenvalue weighted by Gasteiger charge is 2.24. The average Bonchev–Trinajstić information content (AvgIpc) is 2.63. The molecule has 0 atom stereocenters. The second-order valence-electron chi connectivity index (χ2n) is 4.32. The van der Waals surface area contributed by atoms with E-state index in [4.69, 9.17) is 11.6 Å². The molecule has 2 rings (SSSR count). The summed E-state index contributed by atoms with van der Waals surface area (Å²) >= 11 is 6.27. The third-order valence-corrected chi connectivity index (χ3v) is 3.43. The Balaban J connectivity index is 2.72. The number of hydrogen-bond acceptors (Lipinski definition) is 2. The number of carboxylic acid groups (broad SMARTS) is 1. The zero-order chi connectivity index (χ0) is 14.0. The first-order valence-corrected chi connectivity index (χ1v) is 6.48. The van der Waals surface area contributed by atoms with Crippen molar-refractivity contribution in [2.24, 2.45) is 0 Å². The van der Waals surface area contributed by atoms with Crippen LogP contribution in [-0.4, -0.2) is 20.6 Å². The van der Waals surface area contributed by atoms with Gasteiger partial charge in [0, 0.05) is 30.2 Å². The van der Waals surface area contributed by atoms with E-state index in [0.717, 1.165) is 24.2 Å². The molecule has 5 heteroatoms. The first kappa shape index (κ1) is 13.6. The predicted molar refractivity (Wildman–Crippen MR) is 74.7 cm³/mol. The third kappa shape index (κ3) is 2.36. The quantitative estimate of drug-likeness (QED) is 0.929. The fraction of sp³-hybridized carbons (Fsp3) is 0.286. The molecule has 0 unspecified atom stereocenters. The first-order chi connectivity index (χ1) is 9.07. The smallest absolute Gasteiger partial charge is 0.339 e. The molecule has 2 aromatic heterocycles. The molecule has 0 bridgehead atoms. The van der Waals surface area contributed by atoms with Crippen LogP contribution < -0.4 is 0 Å². The molecule has 2 aromatic rings. The Morgan fingerprint density at radius 1 is 1.53 bits per heavy atom. The van der Waals surface area contributed by atoms with Gasteiger partial charge in [-0.25, -0.2) is 4.79 Å². The Hall–Kier alpha value is -1.81. The SMILES string of the molecule is CCCn1c(C)c(C(=O)O)c(Cl)c1-c1cccnc1. The van der Waals surface area contributed by atoms with Crippen molar-refractivity contribution in [2.45, 2.75) is 26.8 Å². The molecule has 0 aliphatic carbocycles. The molecule has 0 aliphatic heterocycles. The Morgan fingerprint density at radius 3 is 2.79 bits per heavy atom. The Labute approximate surface area is 116 Å². The molecule has 0 amide bonds. The summed E-state index contributed by atoms with van der Waals surface area (Å²) in [7, 11) is 0. The van der Waals surface area contributed by atoms with Crippen LogP contribution in [0, 0.1) is 6.92 Å². The van der Waals surface area contributed by atoms with Gasteiger partial charge < -0.3 is 9.67 Å².